The Hall–Kier alpha value is -3.67. The van der Waals surface area contributed by atoms with E-state index in [1.165, 1.54) is 12.1 Å². The van der Waals surface area contributed by atoms with Crippen molar-refractivity contribution in [1.82, 2.24) is 0 Å². The minimum atomic E-state index is -0.636. The van der Waals surface area contributed by atoms with Crippen LogP contribution in [0.5, 0.6) is 5.75 Å². The Balaban J connectivity index is 1.40. The number of fused-ring (bicyclic) bond motifs is 1. The number of esters is 1. The van der Waals surface area contributed by atoms with Crippen molar-refractivity contribution in [3.63, 3.8) is 0 Å². The highest BCUT2D eigenvalue weighted by Crippen LogP contribution is 2.32. The van der Waals surface area contributed by atoms with Crippen LogP contribution in [0.4, 0.5) is 10.1 Å². The molecule has 0 unspecified atom stereocenters. The van der Waals surface area contributed by atoms with Crippen LogP contribution in [-0.2, 0) is 22.6 Å². The fourth-order valence-electron chi connectivity index (χ4n) is 3.72. The number of rotatable bonds is 6. The summed E-state index contributed by atoms with van der Waals surface area (Å²) in [6.07, 6.45) is 0.774. The summed E-state index contributed by atoms with van der Waals surface area (Å²) < 4.78 is 24.1. The first-order valence-electron chi connectivity index (χ1n) is 10.1. The zero-order valence-corrected chi connectivity index (χ0v) is 17.1. The quantitative estimate of drug-likeness (QED) is 0.551. The summed E-state index contributed by atoms with van der Waals surface area (Å²) in [5.74, 6) is -0.893. The molecule has 31 heavy (non-hydrogen) atoms. The normalized spacial score (nSPS) is 14.8. The van der Waals surface area contributed by atoms with Crippen LogP contribution in [0.25, 0.3) is 0 Å². The summed E-state index contributed by atoms with van der Waals surface area (Å²) in [5.41, 5.74) is 2.96. The van der Waals surface area contributed by atoms with Crippen LogP contribution in [0.15, 0.2) is 72.8 Å². The van der Waals surface area contributed by atoms with Gasteiger partial charge in [-0.2, -0.15) is 0 Å². The van der Waals surface area contributed by atoms with E-state index in [0.29, 0.717) is 5.75 Å². The summed E-state index contributed by atoms with van der Waals surface area (Å²) in [7, 11) is 0. The molecule has 3 aromatic carbocycles. The maximum atomic E-state index is 13.1. The molecule has 1 amide bonds. The number of ether oxygens (including phenoxy) is 2. The molecule has 0 saturated heterocycles. The van der Waals surface area contributed by atoms with Crippen LogP contribution >= 0.6 is 0 Å². The van der Waals surface area contributed by atoms with Crippen LogP contribution in [-0.4, -0.2) is 24.5 Å². The monoisotopic (exact) mass is 419 g/mol. The third-order valence-electron chi connectivity index (χ3n) is 5.22. The molecule has 4 rings (SSSR count). The van der Waals surface area contributed by atoms with E-state index in [1.807, 2.05) is 31.2 Å². The summed E-state index contributed by atoms with van der Waals surface area (Å²) in [6.45, 7) is 1.79. The lowest BCUT2D eigenvalue weighted by Gasteiger charge is -2.22. The number of hydrogen-bond donors (Lipinski definition) is 0. The van der Waals surface area contributed by atoms with Gasteiger partial charge in [0.05, 0.1) is 0 Å². The first kappa shape index (κ1) is 20.6. The van der Waals surface area contributed by atoms with Crippen molar-refractivity contribution in [3.8, 4) is 5.75 Å². The van der Waals surface area contributed by atoms with E-state index in [-0.39, 0.29) is 36.5 Å². The molecule has 1 heterocycles. The highest BCUT2D eigenvalue weighted by molar-refractivity contribution is 5.99. The van der Waals surface area contributed by atoms with Crippen molar-refractivity contribution in [2.24, 2.45) is 0 Å². The Morgan fingerprint density at radius 2 is 1.71 bits per heavy atom. The third kappa shape index (κ3) is 4.58. The van der Waals surface area contributed by atoms with E-state index in [4.69, 9.17) is 9.47 Å². The molecule has 0 N–H and O–H groups in total. The van der Waals surface area contributed by atoms with Crippen molar-refractivity contribution in [1.29, 1.82) is 0 Å². The van der Waals surface area contributed by atoms with Crippen LogP contribution in [0.1, 0.15) is 28.4 Å². The molecule has 1 aliphatic heterocycles. The first-order chi connectivity index (χ1) is 15.0. The molecular formula is C25H22FNO4. The minimum absolute atomic E-state index is 0.00920. The van der Waals surface area contributed by atoms with Crippen molar-refractivity contribution < 1.29 is 23.5 Å². The number of para-hydroxylation sites is 2. The molecule has 1 aliphatic rings. The van der Waals surface area contributed by atoms with Crippen LogP contribution in [0.2, 0.25) is 0 Å². The average molecular weight is 419 g/mol. The predicted octanol–water partition coefficient (Wildman–Crippen LogP) is 4.54. The van der Waals surface area contributed by atoms with Crippen molar-refractivity contribution in [2.45, 2.75) is 26.0 Å². The summed E-state index contributed by atoms with van der Waals surface area (Å²) >= 11 is 0. The van der Waals surface area contributed by atoms with Gasteiger partial charge in [-0.25, -0.2) is 9.18 Å². The predicted molar refractivity (Wildman–Crippen MR) is 115 cm³/mol. The number of benzene rings is 3. The van der Waals surface area contributed by atoms with E-state index in [2.05, 4.69) is 0 Å². The molecule has 5 nitrogen and oxygen atoms in total. The van der Waals surface area contributed by atoms with Gasteiger partial charge in [-0.15, -0.1) is 0 Å². The molecule has 3 aromatic rings. The molecular weight excluding hydrogens is 397 g/mol. The van der Waals surface area contributed by atoms with Crippen LogP contribution in [0, 0.1) is 5.82 Å². The van der Waals surface area contributed by atoms with Gasteiger partial charge in [-0.1, -0.05) is 42.5 Å². The minimum Gasteiger partial charge on any atom is -0.488 e. The molecule has 0 saturated carbocycles. The van der Waals surface area contributed by atoms with E-state index in [1.54, 1.807) is 41.3 Å². The fourth-order valence-corrected chi connectivity index (χ4v) is 3.72. The Labute approximate surface area is 180 Å². The number of anilines is 1. The molecule has 0 bridgehead atoms. The number of halogens is 1. The SMILES string of the molecule is C[C@H]1Cc2ccccc2N1C(=O)COC(=O)c1ccccc1OCc1ccc(F)cc1. The Morgan fingerprint density at radius 1 is 1.00 bits per heavy atom. The number of carbonyl (C=O) groups is 2. The van der Waals surface area contributed by atoms with Gasteiger partial charge < -0.3 is 14.4 Å². The molecule has 158 valence electrons. The largest absolute Gasteiger partial charge is 0.488 e. The second kappa shape index (κ2) is 9.00. The number of amides is 1. The summed E-state index contributed by atoms with van der Waals surface area (Å²) in [5, 5.41) is 0. The molecule has 0 spiro atoms. The standard InChI is InChI=1S/C25H22FNO4/c1-17-14-19-6-2-4-8-22(19)27(17)24(28)16-31-25(29)21-7-3-5-9-23(21)30-15-18-10-12-20(26)13-11-18/h2-13,17H,14-16H2,1H3/t17-/m0/s1. The first-order valence-corrected chi connectivity index (χ1v) is 10.1. The molecule has 6 heteroatoms. The molecule has 0 radical (unpaired) electrons. The van der Waals surface area contributed by atoms with Gasteiger partial charge in [0.1, 0.15) is 23.7 Å². The van der Waals surface area contributed by atoms with Gasteiger partial charge in [0.2, 0.25) is 0 Å². The maximum Gasteiger partial charge on any atom is 0.342 e. The van der Waals surface area contributed by atoms with E-state index in [0.717, 1.165) is 23.2 Å². The average Bonchev–Trinajstić information content (AvgIpc) is 3.13. The zero-order valence-electron chi connectivity index (χ0n) is 17.1. The van der Waals surface area contributed by atoms with E-state index >= 15 is 0 Å². The van der Waals surface area contributed by atoms with Gasteiger partial charge >= 0.3 is 5.97 Å². The number of hydrogen-bond acceptors (Lipinski definition) is 4. The van der Waals surface area contributed by atoms with E-state index in [9.17, 15) is 14.0 Å². The lowest BCUT2D eigenvalue weighted by Crippen LogP contribution is -2.38. The van der Waals surface area contributed by atoms with Crippen molar-refractivity contribution >= 4 is 17.6 Å². The Morgan fingerprint density at radius 3 is 2.52 bits per heavy atom. The van der Waals surface area contributed by atoms with Crippen molar-refractivity contribution in [2.75, 3.05) is 11.5 Å². The summed E-state index contributed by atoms with van der Waals surface area (Å²) in [4.78, 5) is 27.1. The van der Waals surface area contributed by atoms with Gasteiger partial charge in [0.25, 0.3) is 5.91 Å². The molecule has 0 aromatic heterocycles. The number of carbonyl (C=O) groups excluding carboxylic acids is 2. The van der Waals surface area contributed by atoms with Gasteiger partial charge in [0, 0.05) is 11.7 Å². The molecule has 1 atom stereocenters. The van der Waals surface area contributed by atoms with E-state index < -0.39 is 5.97 Å². The second-order valence-corrected chi connectivity index (χ2v) is 7.43. The lowest BCUT2D eigenvalue weighted by molar-refractivity contribution is -0.122. The zero-order chi connectivity index (χ0) is 21.8. The fraction of sp³-hybridized carbons (Fsp3) is 0.200. The summed E-state index contributed by atoms with van der Waals surface area (Å²) in [6, 6.07) is 20.3. The van der Waals surface area contributed by atoms with Gasteiger partial charge in [-0.3, -0.25) is 4.79 Å². The van der Waals surface area contributed by atoms with Crippen LogP contribution < -0.4 is 9.64 Å². The highest BCUT2D eigenvalue weighted by atomic mass is 19.1. The molecule has 0 fully saturated rings. The number of nitrogens with zero attached hydrogens (tertiary/aromatic N) is 1. The van der Waals surface area contributed by atoms with Gasteiger partial charge in [-0.05, 0) is 54.8 Å². The smallest absolute Gasteiger partial charge is 0.342 e. The second-order valence-electron chi connectivity index (χ2n) is 7.43. The topological polar surface area (TPSA) is 55.8 Å². The lowest BCUT2D eigenvalue weighted by atomic mass is 10.1. The maximum absolute atomic E-state index is 13.1. The van der Waals surface area contributed by atoms with Gasteiger partial charge in [0.15, 0.2) is 6.61 Å². The Kier molecular flexibility index (Phi) is 5.98. The van der Waals surface area contributed by atoms with Crippen LogP contribution in [0.3, 0.4) is 0 Å². The Bertz CT molecular complexity index is 1100. The molecule has 0 aliphatic carbocycles. The highest BCUT2D eigenvalue weighted by Gasteiger charge is 2.31. The van der Waals surface area contributed by atoms with Crippen molar-refractivity contribution in [3.05, 3.63) is 95.3 Å². The third-order valence-corrected chi connectivity index (χ3v) is 5.22.